The van der Waals surface area contributed by atoms with Crippen molar-refractivity contribution in [3.05, 3.63) is 81.9 Å². The number of aldehydes is 1. The van der Waals surface area contributed by atoms with Crippen LogP contribution in [0.4, 0.5) is 14.6 Å². The van der Waals surface area contributed by atoms with Gasteiger partial charge in [0.15, 0.2) is 5.82 Å². The van der Waals surface area contributed by atoms with Gasteiger partial charge in [-0.2, -0.15) is 9.97 Å². The average molecular weight is 1240 g/mol. The number of anilines is 1. The number of pyridine rings is 1. The predicted octanol–water partition coefficient (Wildman–Crippen LogP) is 14.7. The van der Waals surface area contributed by atoms with Crippen LogP contribution in [0.2, 0.25) is 0 Å². The van der Waals surface area contributed by atoms with E-state index in [0.717, 1.165) is 61.2 Å². The average Bonchev–Trinajstić information content (AvgIpc) is 1.39. The zero-order valence-electron chi connectivity index (χ0n) is 55.8. The van der Waals surface area contributed by atoms with Crippen molar-refractivity contribution in [2.75, 3.05) is 45.3 Å². The Morgan fingerprint density at radius 2 is 1.54 bits per heavy atom. The molecule has 0 saturated carbocycles. The summed E-state index contributed by atoms with van der Waals surface area (Å²) in [6, 6.07) is 12.2. The van der Waals surface area contributed by atoms with Crippen LogP contribution in [-0.4, -0.2) is 117 Å². The highest BCUT2D eigenvalue weighted by molar-refractivity contribution is 6.02. The van der Waals surface area contributed by atoms with Gasteiger partial charge in [-0.05, 0) is 173 Å². The number of methoxy groups -OCH3 is 1. The maximum absolute atomic E-state index is 16.1. The standard InChI is InChI=1S/C26H26F2N4O2.C20H42O.C15H19N3O3.C10H17NO2/c1-4-17-20(27)8-7-15-10-16(33)11-18(21(15)17)23-22(28)24-19(12-29-23)25(31-26(30-24)34-3)32-9-5-6-14(2)13-32;1-7-11-19(15-13-17(5)9-3)21-20(12-8-2)16-14-18(6)10-4;1-10-6-7-11-13(9-10)17(3)15(21)18(11)12(5-4-8-19)14(20)16-2;1-8(12)13-7-10-5-4-9-3-2-6-11(9)10/h7-8,10-12,14,33H,4-6,9,13H2,1-3H3;17-20H,7-16H2,1-6H3;6-9,12H,4-5H2,1-3H3,(H,16,20);9-10H,2-7H2,1H3. The van der Waals surface area contributed by atoms with E-state index in [-0.39, 0.29) is 52.8 Å². The van der Waals surface area contributed by atoms with Crippen LogP contribution in [0, 0.1) is 36.3 Å². The van der Waals surface area contributed by atoms with Crippen LogP contribution in [0.1, 0.15) is 195 Å². The molecule has 3 aromatic heterocycles. The second-order valence-corrected chi connectivity index (χ2v) is 25.2. The Morgan fingerprint density at radius 1 is 0.854 bits per heavy atom. The number of esters is 1. The molecule has 3 saturated heterocycles. The Morgan fingerprint density at radius 3 is 2.15 bits per heavy atom. The monoisotopic (exact) mass is 1230 g/mol. The van der Waals surface area contributed by atoms with E-state index < -0.39 is 11.9 Å². The van der Waals surface area contributed by atoms with E-state index in [4.69, 9.17) is 14.2 Å². The van der Waals surface area contributed by atoms with E-state index in [0.29, 0.717) is 82.2 Å². The third-order valence-corrected chi connectivity index (χ3v) is 18.4. The van der Waals surface area contributed by atoms with E-state index in [1.54, 1.807) is 19.3 Å². The molecule has 3 aliphatic heterocycles. The third-order valence-electron chi connectivity index (χ3n) is 18.4. The lowest BCUT2D eigenvalue weighted by Crippen LogP contribution is -2.36. The largest absolute Gasteiger partial charge is 0.508 e. The number of carbonyl (C=O) groups excluding carboxylic acids is 3. The van der Waals surface area contributed by atoms with E-state index in [2.05, 4.69) is 78.5 Å². The quantitative estimate of drug-likeness (QED) is 0.0408. The molecule has 8 atom stereocenters. The lowest BCUT2D eigenvalue weighted by molar-refractivity contribution is -0.142. The predicted molar refractivity (Wildman–Crippen MR) is 354 cm³/mol. The first kappa shape index (κ1) is 71.5. The number of carbonyl (C=O) groups is 3. The molecule has 16 nitrogen and oxygen atoms in total. The molecule has 2 N–H and O–H groups in total. The normalized spacial score (nSPS) is 18.1. The van der Waals surface area contributed by atoms with Crippen molar-refractivity contribution >= 4 is 56.7 Å². The summed E-state index contributed by atoms with van der Waals surface area (Å²) in [4.78, 5) is 63.8. The van der Waals surface area contributed by atoms with Crippen molar-refractivity contribution in [3.8, 4) is 23.0 Å². The first-order chi connectivity index (χ1) is 42.7. The minimum atomic E-state index is -0.681. The highest BCUT2D eigenvalue weighted by Crippen LogP contribution is 2.40. The molecule has 9 rings (SSSR count). The molecule has 6 heterocycles. The number of hydrogen-bond donors (Lipinski definition) is 2. The highest BCUT2D eigenvalue weighted by atomic mass is 19.1. The summed E-state index contributed by atoms with van der Waals surface area (Å²) in [5.74, 6) is 1.25. The van der Waals surface area contributed by atoms with Gasteiger partial charge < -0.3 is 34.3 Å². The lowest BCUT2D eigenvalue weighted by atomic mass is 9.94. The van der Waals surface area contributed by atoms with Crippen LogP contribution < -0.4 is 20.6 Å². The van der Waals surface area contributed by atoms with Gasteiger partial charge in [-0.3, -0.25) is 28.6 Å². The van der Waals surface area contributed by atoms with Crippen LogP contribution in [0.5, 0.6) is 11.8 Å². The molecule has 490 valence electrons. The number of amides is 1. The van der Waals surface area contributed by atoms with Gasteiger partial charge in [0.1, 0.15) is 47.5 Å². The summed E-state index contributed by atoms with van der Waals surface area (Å²) in [5.41, 5.74) is 3.10. The van der Waals surface area contributed by atoms with Crippen molar-refractivity contribution in [1.29, 1.82) is 0 Å². The number of aromatic hydroxyl groups is 1. The number of benzene rings is 3. The van der Waals surface area contributed by atoms with Crippen LogP contribution in [0.3, 0.4) is 0 Å². The Bertz CT molecular complexity index is 3290. The Balaban J connectivity index is 0.000000200. The molecule has 3 aliphatic rings. The summed E-state index contributed by atoms with van der Waals surface area (Å²) in [7, 11) is 4.65. The van der Waals surface area contributed by atoms with Gasteiger partial charge in [-0.1, -0.05) is 93.2 Å². The number of nitrogens with zero attached hydrogens (tertiary/aromatic N) is 7. The molecule has 0 radical (unpaired) electrons. The number of likely N-dealkylation sites (N-methyl/N-ethyl adjacent to an activating group) is 1. The number of rotatable bonds is 25. The minimum absolute atomic E-state index is 0.00702. The number of piperidine rings is 1. The fourth-order valence-corrected chi connectivity index (χ4v) is 12.9. The van der Waals surface area contributed by atoms with Gasteiger partial charge in [-0.15, -0.1) is 0 Å². The number of phenols is 1. The molecular weight excluding hydrogens is 1130 g/mol. The fourth-order valence-electron chi connectivity index (χ4n) is 12.9. The molecule has 3 aromatic carbocycles. The number of halogens is 2. The van der Waals surface area contributed by atoms with Gasteiger partial charge in [-0.25, -0.2) is 13.6 Å². The Kier molecular flexibility index (Phi) is 28.3. The van der Waals surface area contributed by atoms with Crippen LogP contribution >= 0.6 is 0 Å². The van der Waals surface area contributed by atoms with E-state index in [1.807, 2.05) is 32.0 Å². The molecule has 8 unspecified atom stereocenters. The van der Waals surface area contributed by atoms with Crippen molar-refractivity contribution in [2.24, 2.45) is 24.8 Å². The molecule has 0 spiro atoms. The molecule has 1 amide bonds. The minimum Gasteiger partial charge on any atom is -0.508 e. The molecule has 89 heavy (non-hydrogen) atoms. The second-order valence-electron chi connectivity index (χ2n) is 25.2. The van der Waals surface area contributed by atoms with Crippen LogP contribution in [0.25, 0.3) is 44.0 Å². The Hall–Kier alpha value is -6.53. The zero-order valence-corrected chi connectivity index (χ0v) is 55.8. The van der Waals surface area contributed by atoms with Crippen molar-refractivity contribution < 1.29 is 42.5 Å². The van der Waals surface area contributed by atoms with Crippen LogP contribution in [0.15, 0.2) is 53.5 Å². The lowest BCUT2D eigenvalue weighted by Gasteiger charge is -2.32. The van der Waals surface area contributed by atoms with Gasteiger partial charge >= 0.3 is 17.7 Å². The maximum Gasteiger partial charge on any atom is 0.329 e. The SMILES string of the molecule is CC(=O)OCC1CCC2CCCN21.CCCC(CCC(C)CC)OC(CCC)CCC(C)CC.CCc1c(F)ccc2cc(O)cc(-c3ncc4c(N5CCCC(C)C5)nc(OC)nc4c3F)c12.CNC(=O)C(CCC=O)n1c(=O)n(C)c2cc(C)ccc21. The number of aromatic nitrogens is 5. The summed E-state index contributed by atoms with van der Waals surface area (Å²) in [6.45, 7) is 24.8. The maximum atomic E-state index is 16.1. The van der Waals surface area contributed by atoms with Crippen molar-refractivity contribution in [2.45, 2.75) is 222 Å². The van der Waals surface area contributed by atoms with Crippen molar-refractivity contribution in [1.82, 2.24) is 34.3 Å². The molecule has 0 bridgehead atoms. The summed E-state index contributed by atoms with van der Waals surface area (Å²) in [6.07, 6.45) is 24.3. The second kappa shape index (κ2) is 35.2. The van der Waals surface area contributed by atoms with Gasteiger partial charge in [0.25, 0.3) is 0 Å². The number of imidazole rings is 1. The Labute approximate surface area is 527 Å². The first-order valence-corrected chi connectivity index (χ1v) is 33.2. The number of hydrogen-bond acceptors (Lipinski definition) is 13. The summed E-state index contributed by atoms with van der Waals surface area (Å²) in [5, 5.41) is 14.5. The smallest absolute Gasteiger partial charge is 0.329 e. The first-order valence-electron chi connectivity index (χ1n) is 33.2. The zero-order chi connectivity index (χ0) is 64.9. The summed E-state index contributed by atoms with van der Waals surface area (Å²) >= 11 is 0. The highest BCUT2D eigenvalue weighted by Gasteiger charge is 2.37. The number of nitrogens with one attached hydrogen (secondary N) is 1. The molecule has 6 aromatic rings. The van der Waals surface area contributed by atoms with E-state index >= 15 is 4.39 Å². The van der Waals surface area contributed by atoms with E-state index in [1.165, 1.54) is 145 Å². The topological polar surface area (TPSA) is 183 Å². The fraction of sp³-hybridized carbons (Fsp3) is 0.620. The number of fused-ring (bicyclic) bond motifs is 4. The number of phenolic OH excluding ortho intramolecular Hbond substituents is 1. The molecule has 0 aliphatic carbocycles. The van der Waals surface area contributed by atoms with Gasteiger partial charge in [0.2, 0.25) is 5.91 Å². The number of aryl methyl sites for hydroxylation is 3. The van der Waals surface area contributed by atoms with Gasteiger partial charge in [0.05, 0.1) is 35.7 Å². The van der Waals surface area contributed by atoms with Gasteiger partial charge in [0, 0.05) is 64.4 Å². The molecule has 3 fully saturated rings. The summed E-state index contributed by atoms with van der Waals surface area (Å²) < 4.78 is 50.6. The molecular formula is C71H104F2N8O8. The van der Waals surface area contributed by atoms with Crippen molar-refractivity contribution in [3.63, 3.8) is 0 Å². The number of ether oxygens (including phenoxy) is 3. The molecule has 18 heteroatoms. The van der Waals surface area contributed by atoms with Crippen LogP contribution in [-0.2, 0) is 37.3 Å². The van der Waals surface area contributed by atoms with E-state index in [9.17, 15) is 28.7 Å². The third kappa shape index (κ3) is 19.0.